The summed E-state index contributed by atoms with van der Waals surface area (Å²) >= 11 is 1.43. The van der Waals surface area contributed by atoms with Gasteiger partial charge in [-0.15, -0.1) is 11.8 Å². The van der Waals surface area contributed by atoms with Gasteiger partial charge < -0.3 is 9.84 Å². The van der Waals surface area contributed by atoms with E-state index in [1.807, 2.05) is 6.07 Å². The Morgan fingerprint density at radius 2 is 2.19 bits per heavy atom. The lowest BCUT2D eigenvalue weighted by molar-refractivity contribution is -0.140. The summed E-state index contributed by atoms with van der Waals surface area (Å²) in [6.45, 7) is 0. The van der Waals surface area contributed by atoms with Gasteiger partial charge in [-0.05, 0) is 18.2 Å². The first-order valence-electron chi connectivity index (χ1n) is 4.66. The number of ether oxygens (including phenoxy) is 1. The van der Waals surface area contributed by atoms with Crippen molar-refractivity contribution in [3.63, 3.8) is 0 Å². The number of thioether (sulfide) groups is 1. The maximum atomic E-state index is 10.8. The van der Waals surface area contributed by atoms with Crippen LogP contribution in [0.4, 0.5) is 0 Å². The fourth-order valence-corrected chi connectivity index (χ4v) is 1.96. The van der Waals surface area contributed by atoms with Crippen LogP contribution in [-0.4, -0.2) is 29.9 Å². The predicted octanol–water partition coefficient (Wildman–Crippen LogP) is 2.04. The molecular weight excluding hydrogens is 228 g/mol. The molecule has 0 atom stereocenters. The standard InChI is InChI=1S/C11H12O4S/c1-15-10(12)5-6-16-9-4-2-3-8(7-9)11(13)14/h2-4,7H,5-6H2,1H3,(H,13,14). The lowest BCUT2D eigenvalue weighted by Crippen LogP contribution is -2.01. The quantitative estimate of drug-likeness (QED) is 0.630. The topological polar surface area (TPSA) is 63.6 Å². The van der Waals surface area contributed by atoms with Crippen molar-refractivity contribution in [2.75, 3.05) is 12.9 Å². The van der Waals surface area contributed by atoms with Gasteiger partial charge in [0.1, 0.15) is 0 Å². The Hall–Kier alpha value is -1.49. The van der Waals surface area contributed by atoms with E-state index in [1.54, 1.807) is 12.1 Å². The summed E-state index contributed by atoms with van der Waals surface area (Å²) < 4.78 is 4.50. The normalized spacial score (nSPS) is 9.81. The maximum absolute atomic E-state index is 10.8. The van der Waals surface area contributed by atoms with E-state index < -0.39 is 5.97 Å². The Morgan fingerprint density at radius 3 is 2.81 bits per heavy atom. The minimum Gasteiger partial charge on any atom is -0.478 e. The summed E-state index contributed by atoms with van der Waals surface area (Å²) in [5.74, 6) is -0.632. The van der Waals surface area contributed by atoms with E-state index in [-0.39, 0.29) is 11.5 Å². The summed E-state index contributed by atoms with van der Waals surface area (Å²) in [4.78, 5) is 22.4. The second-order valence-corrected chi connectivity index (χ2v) is 4.18. The van der Waals surface area contributed by atoms with Crippen molar-refractivity contribution in [3.8, 4) is 0 Å². The molecule has 1 aromatic rings. The third-order valence-corrected chi connectivity index (χ3v) is 2.88. The number of carboxylic acid groups (broad SMARTS) is 1. The smallest absolute Gasteiger partial charge is 0.335 e. The van der Waals surface area contributed by atoms with Gasteiger partial charge in [-0.1, -0.05) is 6.07 Å². The second kappa shape index (κ2) is 6.17. The summed E-state index contributed by atoms with van der Waals surface area (Å²) in [6, 6.07) is 6.62. The van der Waals surface area contributed by atoms with Crippen LogP contribution in [0.15, 0.2) is 29.2 Å². The van der Waals surface area contributed by atoms with E-state index in [1.165, 1.54) is 24.9 Å². The molecule has 86 valence electrons. The van der Waals surface area contributed by atoms with Crippen LogP contribution in [0.3, 0.4) is 0 Å². The zero-order valence-electron chi connectivity index (χ0n) is 8.80. The molecule has 0 heterocycles. The van der Waals surface area contributed by atoms with Crippen molar-refractivity contribution in [2.45, 2.75) is 11.3 Å². The first kappa shape index (κ1) is 12.6. The summed E-state index contributed by atoms with van der Waals surface area (Å²) in [5, 5.41) is 8.78. The molecule has 0 aliphatic heterocycles. The average Bonchev–Trinajstić information content (AvgIpc) is 2.29. The van der Waals surface area contributed by atoms with Gasteiger partial charge in [0.25, 0.3) is 0 Å². The molecule has 0 aliphatic rings. The van der Waals surface area contributed by atoms with Gasteiger partial charge in [0.05, 0.1) is 19.1 Å². The van der Waals surface area contributed by atoms with Crippen molar-refractivity contribution < 1.29 is 19.4 Å². The van der Waals surface area contributed by atoms with Gasteiger partial charge in [0.2, 0.25) is 0 Å². The van der Waals surface area contributed by atoms with Crippen molar-refractivity contribution >= 4 is 23.7 Å². The van der Waals surface area contributed by atoms with E-state index in [2.05, 4.69) is 4.74 Å². The molecule has 16 heavy (non-hydrogen) atoms. The SMILES string of the molecule is COC(=O)CCSc1cccc(C(=O)O)c1. The monoisotopic (exact) mass is 240 g/mol. The summed E-state index contributed by atoms with van der Waals surface area (Å²) in [6.07, 6.45) is 0.318. The molecule has 0 aromatic heterocycles. The number of aromatic carboxylic acids is 1. The van der Waals surface area contributed by atoms with Crippen molar-refractivity contribution in [3.05, 3.63) is 29.8 Å². The van der Waals surface area contributed by atoms with Crippen molar-refractivity contribution in [1.29, 1.82) is 0 Å². The largest absolute Gasteiger partial charge is 0.478 e. The molecule has 0 bridgehead atoms. The maximum Gasteiger partial charge on any atom is 0.335 e. The molecule has 0 saturated carbocycles. The van der Waals surface area contributed by atoms with Gasteiger partial charge >= 0.3 is 11.9 Å². The lowest BCUT2D eigenvalue weighted by Gasteiger charge is -2.02. The van der Waals surface area contributed by atoms with Gasteiger partial charge in [-0.3, -0.25) is 4.79 Å². The van der Waals surface area contributed by atoms with Crippen LogP contribution in [0.25, 0.3) is 0 Å². The number of hydrogen-bond acceptors (Lipinski definition) is 4. The van der Waals surface area contributed by atoms with Gasteiger partial charge in [0, 0.05) is 10.6 Å². The number of carboxylic acids is 1. The molecule has 1 rings (SSSR count). The number of rotatable bonds is 5. The molecule has 4 nitrogen and oxygen atoms in total. The Kier molecular flexibility index (Phi) is 4.85. The molecule has 0 spiro atoms. The second-order valence-electron chi connectivity index (χ2n) is 3.01. The highest BCUT2D eigenvalue weighted by Crippen LogP contribution is 2.20. The van der Waals surface area contributed by atoms with Crippen LogP contribution in [-0.2, 0) is 9.53 Å². The van der Waals surface area contributed by atoms with Gasteiger partial charge in [0.15, 0.2) is 0 Å². The van der Waals surface area contributed by atoms with E-state index in [0.29, 0.717) is 12.2 Å². The molecule has 0 unspecified atom stereocenters. The van der Waals surface area contributed by atoms with Gasteiger partial charge in [-0.25, -0.2) is 4.79 Å². The number of carbonyl (C=O) groups is 2. The van der Waals surface area contributed by atoms with Gasteiger partial charge in [-0.2, -0.15) is 0 Å². The van der Waals surface area contributed by atoms with E-state index in [0.717, 1.165) is 4.90 Å². The highest BCUT2D eigenvalue weighted by atomic mass is 32.2. The number of esters is 1. The molecule has 0 aliphatic carbocycles. The summed E-state index contributed by atoms with van der Waals surface area (Å²) in [5.41, 5.74) is 0.253. The average molecular weight is 240 g/mol. The highest BCUT2D eigenvalue weighted by Gasteiger charge is 2.04. The Bertz CT molecular complexity index is 389. The van der Waals surface area contributed by atoms with E-state index >= 15 is 0 Å². The summed E-state index contributed by atoms with van der Waals surface area (Å²) in [7, 11) is 1.35. The molecule has 1 aromatic carbocycles. The molecule has 0 radical (unpaired) electrons. The van der Waals surface area contributed by atoms with Crippen molar-refractivity contribution in [1.82, 2.24) is 0 Å². The first-order valence-corrected chi connectivity index (χ1v) is 5.65. The molecule has 0 saturated heterocycles. The third-order valence-electron chi connectivity index (χ3n) is 1.88. The van der Waals surface area contributed by atoms with E-state index in [4.69, 9.17) is 5.11 Å². The Labute approximate surface area is 97.6 Å². The Balaban J connectivity index is 2.51. The van der Waals surface area contributed by atoms with Crippen LogP contribution in [0.1, 0.15) is 16.8 Å². The van der Waals surface area contributed by atoms with Crippen LogP contribution in [0.5, 0.6) is 0 Å². The fraction of sp³-hybridized carbons (Fsp3) is 0.273. The zero-order valence-corrected chi connectivity index (χ0v) is 9.62. The van der Waals surface area contributed by atoms with Crippen LogP contribution in [0, 0.1) is 0 Å². The molecule has 0 amide bonds. The lowest BCUT2D eigenvalue weighted by atomic mass is 10.2. The molecule has 1 N–H and O–H groups in total. The number of methoxy groups -OCH3 is 1. The molecular formula is C11H12O4S. The van der Waals surface area contributed by atoms with E-state index in [9.17, 15) is 9.59 Å². The van der Waals surface area contributed by atoms with Crippen LogP contribution >= 0.6 is 11.8 Å². The zero-order chi connectivity index (χ0) is 12.0. The minimum absolute atomic E-state index is 0.253. The number of hydrogen-bond donors (Lipinski definition) is 1. The first-order chi connectivity index (χ1) is 7.63. The molecule has 0 fully saturated rings. The highest BCUT2D eigenvalue weighted by molar-refractivity contribution is 7.99. The Morgan fingerprint density at radius 1 is 1.44 bits per heavy atom. The third kappa shape index (κ3) is 3.94. The molecule has 5 heteroatoms. The number of carbonyl (C=O) groups excluding carboxylic acids is 1. The number of benzene rings is 1. The van der Waals surface area contributed by atoms with Crippen LogP contribution < -0.4 is 0 Å². The fourth-order valence-electron chi connectivity index (χ4n) is 1.07. The predicted molar refractivity (Wildman–Crippen MR) is 60.8 cm³/mol. The van der Waals surface area contributed by atoms with Crippen molar-refractivity contribution in [2.24, 2.45) is 0 Å². The van der Waals surface area contributed by atoms with Crippen LogP contribution in [0.2, 0.25) is 0 Å². The minimum atomic E-state index is -0.949.